The number of carbonyl (C=O) groups is 1. The Hall–Kier alpha value is -1.93. The number of rotatable bonds is 4. The first-order chi connectivity index (χ1) is 10.9. The van der Waals surface area contributed by atoms with Gasteiger partial charge in [0.2, 0.25) is 5.91 Å². The number of halogens is 2. The van der Waals surface area contributed by atoms with Gasteiger partial charge >= 0.3 is 0 Å². The number of anilines is 1. The number of carbonyl (C=O) groups excluding carboxylic acids is 1. The third kappa shape index (κ3) is 3.37. The van der Waals surface area contributed by atoms with Crippen molar-refractivity contribution in [2.45, 2.75) is 12.0 Å². The number of hydrogen-bond donors (Lipinski definition) is 1. The van der Waals surface area contributed by atoms with Gasteiger partial charge < -0.3 is 20.1 Å². The molecule has 8 heteroatoms. The molecule has 2 aliphatic rings. The van der Waals surface area contributed by atoms with Gasteiger partial charge in [0.05, 0.1) is 18.8 Å². The molecule has 0 radical (unpaired) electrons. The molecule has 3 rings (SSSR count). The van der Waals surface area contributed by atoms with E-state index < -0.39 is 12.0 Å². The van der Waals surface area contributed by atoms with Gasteiger partial charge in [-0.1, -0.05) is 0 Å². The van der Waals surface area contributed by atoms with Crippen molar-refractivity contribution in [2.24, 2.45) is 5.73 Å². The van der Waals surface area contributed by atoms with Crippen molar-refractivity contribution in [3.63, 3.8) is 0 Å². The Bertz CT molecular complexity index is 604. The van der Waals surface area contributed by atoms with Crippen molar-refractivity contribution >= 4 is 11.6 Å². The largest absolute Gasteiger partial charge is 0.492 e. The number of likely N-dealkylation sites (N-methyl/N-ethyl adjacent to an activating group) is 1. The maximum Gasteiger partial charge on any atom is 0.272 e. The minimum Gasteiger partial charge on any atom is -0.492 e. The van der Waals surface area contributed by atoms with Crippen LogP contribution in [0.15, 0.2) is 18.2 Å². The summed E-state index contributed by atoms with van der Waals surface area (Å²) in [6.45, 7) is 0.419. The van der Waals surface area contributed by atoms with Crippen LogP contribution in [0.4, 0.5) is 14.5 Å². The standard InChI is InChI=1S/C15H19F2N3O3/c1-19-12-6-10(22-5-4-20-8-15(16,17)9-20)2-3-13(12)23-7-11(18)14(19)21/h2-3,6,11H,4-5,7-9,18H2,1H3/t11-/m0/s1. The minimum absolute atomic E-state index is 0.125. The lowest BCUT2D eigenvalue weighted by molar-refractivity contribution is -0.132. The Morgan fingerprint density at radius 3 is 2.87 bits per heavy atom. The highest BCUT2D eigenvalue weighted by Gasteiger charge is 2.43. The number of nitrogens with two attached hydrogens (primary N) is 1. The summed E-state index contributed by atoms with van der Waals surface area (Å²) in [5, 5.41) is 0. The molecule has 1 atom stereocenters. The molecule has 0 bridgehead atoms. The van der Waals surface area contributed by atoms with E-state index in [1.807, 2.05) is 0 Å². The molecule has 0 unspecified atom stereocenters. The third-order valence-corrected chi connectivity index (χ3v) is 3.94. The summed E-state index contributed by atoms with van der Waals surface area (Å²) >= 11 is 0. The van der Waals surface area contributed by atoms with Crippen LogP contribution in [0, 0.1) is 0 Å². The zero-order valence-corrected chi connectivity index (χ0v) is 12.8. The van der Waals surface area contributed by atoms with Crippen LogP contribution in [0.25, 0.3) is 0 Å². The van der Waals surface area contributed by atoms with Crippen molar-refractivity contribution in [1.82, 2.24) is 4.90 Å². The third-order valence-electron chi connectivity index (χ3n) is 3.94. The highest BCUT2D eigenvalue weighted by atomic mass is 19.3. The monoisotopic (exact) mass is 327 g/mol. The zero-order chi connectivity index (χ0) is 16.6. The van der Waals surface area contributed by atoms with Crippen LogP contribution in [0.1, 0.15) is 0 Å². The van der Waals surface area contributed by atoms with Crippen LogP contribution in [-0.2, 0) is 4.79 Å². The van der Waals surface area contributed by atoms with Crippen LogP contribution in [-0.4, -0.2) is 62.7 Å². The van der Waals surface area contributed by atoms with Crippen molar-refractivity contribution in [3.05, 3.63) is 18.2 Å². The Balaban J connectivity index is 1.61. The number of nitrogens with zero attached hydrogens (tertiary/aromatic N) is 2. The lowest BCUT2D eigenvalue weighted by Crippen LogP contribution is -2.56. The molecular formula is C15H19F2N3O3. The Morgan fingerprint density at radius 2 is 2.17 bits per heavy atom. The first-order valence-electron chi connectivity index (χ1n) is 7.39. The summed E-state index contributed by atoms with van der Waals surface area (Å²) in [6.07, 6.45) is 0. The number of hydrogen-bond acceptors (Lipinski definition) is 5. The van der Waals surface area contributed by atoms with E-state index in [4.69, 9.17) is 15.2 Å². The molecule has 0 saturated carbocycles. The molecule has 0 aromatic heterocycles. The fourth-order valence-corrected chi connectivity index (χ4v) is 2.65. The van der Waals surface area contributed by atoms with Gasteiger partial charge in [-0.15, -0.1) is 0 Å². The number of benzene rings is 1. The maximum atomic E-state index is 12.7. The summed E-state index contributed by atoms with van der Waals surface area (Å²) in [5.41, 5.74) is 6.31. The van der Waals surface area contributed by atoms with Crippen LogP contribution < -0.4 is 20.1 Å². The van der Waals surface area contributed by atoms with Gasteiger partial charge in [0.15, 0.2) is 0 Å². The van der Waals surface area contributed by atoms with E-state index in [2.05, 4.69) is 0 Å². The average Bonchev–Trinajstić information content (AvgIpc) is 2.58. The molecule has 6 nitrogen and oxygen atoms in total. The summed E-state index contributed by atoms with van der Waals surface area (Å²) in [4.78, 5) is 15.1. The smallest absolute Gasteiger partial charge is 0.272 e. The first kappa shape index (κ1) is 15.9. The van der Waals surface area contributed by atoms with E-state index in [-0.39, 0.29) is 25.6 Å². The molecule has 0 aliphatic carbocycles. The molecule has 0 spiro atoms. The van der Waals surface area contributed by atoms with E-state index in [1.54, 1.807) is 30.1 Å². The SMILES string of the molecule is CN1C(=O)[C@@H](N)COc2ccc(OCCN3CC(F)(F)C3)cc21. The molecule has 1 fully saturated rings. The van der Waals surface area contributed by atoms with Crippen LogP contribution >= 0.6 is 0 Å². The predicted molar refractivity (Wildman–Crippen MR) is 80.2 cm³/mol. The number of likely N-dealkylation sites (tertiary alicyclic amines) is 1. The summed E-state index contributed by atoms with van der Waals surface area (Å²) < 4.78 is 36.6. The molecule has 2 aliphatic heterocycles. The molecule has 1 amide bonds. The molecule has 1 saturated heterocycles. The van der Waals surface area contributed by atoms with E-state index in [0.717, 1.165) is 0 Å². The lowest BCUT2D eigenvalue weighted by atomic mass is 10.1. The predicted octanol–water partition coefficient (Wildman–Crippen LogP) is 0.699. The van der Waals surface area contributed by atoms with E-state index in [9.17, 15) is 13.6 Å². The Labute approximate surface area is 132 Å². The number of fused-ring (bicyclic) bond motifs is 1. The van der Waals surface area contributed by atoms with E-state index in [1.165, 1.54) is 4.90 Å². The number of ether oxygens (including phenoxy) is 2. The second-order valence-electron chi connectivity index (χ2n) is 5.86. The molecule has 2 N–H and O–H groups in total. The Morgan fingerprint density at radius 1 is 1.43 bits per heavy atom. The van der Waals surface area contributed by atoms with Crippen LogP contribution in [0.3, 0.4) is 0 Å². The summed E-state index contributed by atoms with van der Waals surface area (Å²) in [7, 11) is 1.63. The van der Waals surface area contributed by atoms with Crippen LogP contribution in [0.2, 0.25) is 0 Å². The first-order valence-corrected chi connectivity index (χ1v) is 7.39. The average molecular weight is 327 g/mol. The summed E-state index contributed by atoms with van der Waals surface area (Å²) in [6, 6.07) is 4.42. The normalized spacial score (nSPS) is 23.6. The lowest BCUT2D eigenvalue weighted by Gasteiger charge is -2.38. The highest BCUT2D eigenvalue weighted by Crippen LogP contribution is 2.34. The van der Waals surface area contributed by atoms with Crippen molar-refractivity contribution in [1.29, 1.82) is 0 Å². The van der Waals surface area contributed by atoms with Crippen LogP contribution in [0.5, 0.6) is 11.5 Å². The fourth-order valence-electron chi connectivity index (χ4n) is 2.65. The number of alkyl halides is 2. The number of amides is 1. The van der Waals surface area contributed by atoms with Gasteiger partial charge in [-0.2, -0.15) is 0 Å². The van der Waals surface area contributed by atoms with Gasteiger partial charge in [-0.05, 0) is 12.1 Å². The van der Waals surface area contributed by atoms with Gasteiger partial charge in [0.1, 0.15) is 30.8 Å². The van der Waals surface area contributed by atoms with Gasteiger partial charge in [0.25, 0.3) is 5.92 Å². The second-order valence-corrected chi connectivity index (χ2v) is 5.86. The van der Waals surface area contributed by atoms with E-state index >= 15 is 0 Å². The van der Waals surface area contributed by atoms with Gasteiger partial charge in [-0.3, -0.25) is 9.69 Å². The summed E-state index contributed by atoms with van der Waals surface area (Å²) in [5.74, 6) is -1.69. The van der Waals surface area contributed by atoms with Crippen molar-refractivity contribution in [2.75, 3.05) is 44.8 Å². The molecule has 1 aromatic carbocycles. The fraction of sp³-hybridized carbons (Fsp3) is 0.533. The highest BCUT2D eigenvalue weighted by molar-refractivity contribution is 5.98. The molecule has 2 heterocycles. The second kappa shape index (κ2) is 5.93. The van der Waals surface area contributed by atoms with Crippen molar-refractivity contribution < 1.29 is 23.0 Å². The topological polar surface area (TPSA) is 68.0 Å². The van der Waals surface area contributed by atoms with Gasteiger partial charge in [-0.25, -0.2) is 8.78 Å². The van der Waals surface area contributed by atoms with Crippen molar-refractivity contribution in [3.8, 4) is 11.5 Å². The molecule has 126 valence electrons. The zero-order valence-electron chi connectivity index (χ0n) is 12.8. The minimum atomic E-state index is -2.57. The molecule has 1 aromatic rings. The molecule has 23 heavy (non-hydrogen) atoms. The Kier molecular flexibility index (Phi) is 4.11. The van der Waals surface area contributed by atoms with E-state index in [0.29, 0.717) is 30.3 Å². The maximum absolute atomic E-state index is 12.7. The quantitative estimate of drug-likeness (QED) is 0.882. The van der Waals surface area contributed by atoms with Gasteiger partial charge in [0, 0.05) is 19.7 Å². The molecular weight excluding hydrogens is 308 g/mol.